The molecule has 0 saturated carbocycles. The topological polar surface area (TPSA) is 90.2 Å². The summed E-state index contributed by atoms with van der Waals surface area (Å²) in [5.41, 5.74) is 15.7. The van der Waals surface area contributed by atoms with Gasteiger partial charge < -0.3 is 0 Å². The molecule has 7 nitrogen and oxygen atoms in total. The van der Waals surface area contributed by atoms with Crippen LogP contribution in [0.2, 0.25) is 0 Å². The molecular weight excluding hydrogens is 1180 g/mol. The van der Waals surface area contributed by atoms with Crippen LogP contribution in [0.25, 0.3) is 175 Å². The Labute approximate surface area is 550 Å². The minimum atomic E-state index is 0.603. The molecule has 18 aromatic rings. The molecule has 0 unspecified atom stereocenters. The van der Waals surface area contributed by atoms with E-state index in [2.05, 4.69) is 249 Å². The minimum Gasteiger partial charge on any atom is -0.227 e. The number of aromatic nitrogens is 7. The molecule has 0 aliphatic carbocycles. The molecule has 0 fully saturated rings. The van der Waals surface area contributed by atoms with Crippen LogP contribution in [-0.4, -0.2) is 34.9 Å². The summed E-state index contributed by atoms with van der Waals surface area (Å²) in [6, 6.07) is 112. The number of hydrogen-bond donors (Lipinski definition) is 0. The summed E-state index contributed by atoms with van der Waals surface area (Å²) in [7, 11) is 0. The third-order valence-corrected chi connectivity index (χ3v) is 19.4. The number of benzene rings is 13. The zero-order valence-electron chi connectivity index (χ0n) is 50.5. The maximum Gasteiger partial charge on any atom is 0.164 e. The van der Waals surface area contributed by atoms with Gasteiger partial charge in [-0.3, -0.25) is 0 Å². The van der Waals surface area contributed by atoms with E-state index >= 15 is 0 Å². The van der Waals surface area contributed by atoms with Crippen LogP contribution in [-0.2, 0) is 0 Å². The Hall–Kier alpha value is -12.0. The van der Waals surface area contributed by atoms with Crippen molar-refractivity contribution in [1.29, 1.82) is 0 Å². The van der Waals surface area contributed by atoms with Crippen molar-refractivity contribution in [2.24, 2.45) is 0 Å². The van der Waals surface area contributed by atoms with Crippen LogP contribution < -0.4 is 0 Å². The van der Waals surface area contributed by atoms with Crippen molar-refractivity contribution < 1.29 is 0 Å². The first-order chi connectivity index (χ1) is 46.6. The average molecular weight is 1240 g/mol. The van der Waals surface area contributed by atoms with Gasteiger partial charge in [-0.2, -0.15) is 0 Å². The summed E-state index contributed by atoms with van der Waals surface area (Å²) in [5.74, 6) is 3.30. The Kier molecular flexibility index (Phi) is 14.5. The largest absolute Gasteiger partial charge is 0.227 e. The fourth-order valence-electron chi connectivity index (χ4n) is 12.7. The standard InChI is InChI=1S/C43H27N5S.C42H26N2S/c1-4-13-28(14-5-1)29-23-25-32(26-24-29)39-44-38(37-35-21-10-11-22-36(35)49-43(37)48-39)33-19-12-20-34(27-33)42-46-40(30-15-6-2-7-16-30)45-41(47-42)31-17-8-3-9-18-31;1-2-12-27(13-3-1)40-39-36-22-8-9-23-38(36)45-42(39)44-41(43-40)32-18-11-16-29(25-32)28-15-10-17-30(24-28)37-26-31-14-4-5-19-33(31)34-20-6-7-21-35(34)37/h1-27H;1-26H. The molecular formula is C85H53N7S2. The lowest BCUT2D eigenvalue weighted by atomic mass is 9.91. The quantitative estimate of drug-likeness (QED) is 0.126. The lowest BCUT2D eigenvalue weighted by molar-refractivity contribution is 1.07. The van der Waals surface area contributed by atoms with Gasteiger partial charge in [0.1, 0.15) is 9.66 Å². The van der Waals surface area contributed by atoms with Crippen molar-refractivity contribution in [3.63, 3.8) is 0 Å². The lowest BCUT2D eigenvalue weighted by Crippen LogP contribution is -2.00. The zero-order chi connectivity index (χ0) is 62.3. The summed E-state index contributed by atoms with van der Waals surface area (Å²) in [5, 5.41) is 9.60. The fraction of sp³-hybridized carbons (Fsp3) is 0. The number of hydrogen-bond acceptors (Lipinski definition) is 9. The molecule has 0 spiro atoms. The van der Waals surface area contributed by atoms with Crippen molar-refractivity contribution in [3.8, 4) is 113 Å². The highest BCUT2D eigenvalue weighted by molar-refractivity contribution is 7.26. The minimum absolute atomic E-state index is 0.603. The van der Waals surface area contributed by atoms with Crippen LogP contribution in [0.5, 0.6) is 0 Å². The van der Waals surface area contributed by atoms with Gasteiger partial charge in [0, 0.05) is 69.9 Å². The third-order valence-electron chi connectivity index (χ3n) is 17.3. The number of rotatable bonds is 10. The number of nitrogens with zero attached hydrogens (tertiary/aromatic N) is 7. The Morgan fingerprint density at radius 2 is 0.532 bits per heavy atom. The van der Waals surface area contributed by atoms with E-state index in [0.717, 1.165) is 98.7 Å². The molecule has 9 heteroatoms. The van der Waals surface area contributed by atoms with Gasteiger partial charge in [0.15, 0.2) is 29.1 Å². The highest BCUT2D eigenvalue weighted by Gasteiger charge is 2.21. The van der Waals surface area contributed by atoms with Gasteiger partial charge in [-0.05, 0) is 91.3 Å². The smallest absolute Gasteiger partial charge is 0.164 e. The second kappa shape index (κ2) is 24.3. The highest BCUT2D eigenvalue weighted by Crippen LogP contribution is 2.43. The van der Waals surface area contributed by atoms with Gasteiger partial charge in [-0.15, -0.1) is 22.7 Å². The Bertz CT molecular complexity index is 5800. The molecule has 0 N–H and O–H groups in total. The van der Waals surface area contributed by atoms with Crippen molar-refractivity contribution >= 4 is 84.8 Å². The summed E-state index contributed by atoms with van der Waals surface area (Å²) in [6.45, 7) is 0. The summed E-state index contributed by atoms with van der Waals surface area (Å²) < 4.78 is 2.40. The summed E-state index contributed by atoms with van der Waals surface area (Å²) in [6.07, 6.45) is 0. The Morgan fingerprint density at radius 3 is 1.10 bits per heavy atom. The van der Waals surface area contributed by atoms with Crippen LogP contribution in [0, 0.1) is 0 Å². The molecule has 0 bridgehead atoms. The zero-order valence-corrected chi connectivity index (χ0v) is 52.2. The third kappa shape index (κ3) is 10.7. The maximum absolute atomic E-state index is 5.27. The number of fused-ring (bicyclic) bond motifs is 9. The van der Waals surface area contributed by atoms with Gasteiger partial charge in [0.25, 0.3) is 0 Å². The van der Waals surface area contributed by atoms with Gasteiger partial charge in [-0.1, -0.05) is 285 Å². The fourth-order valence-corrected chi connectivity index (χ4v) is 14.9. The molecule has 0 aliphatic heterocycles. The molecule has 13 aromatic carbocycles. The van der Waals surface area contributed by atoms with Crippen LogP contribution in [0.3, 0.4) is 0 Å². The van der Waals surface area contributed by atoms with Crippen molar-refractivity contribution in [1.82, 2.24) is 34.9 Å². The van der Waals surface area contributed by atoms with E-state index in [4.69, 9.17) is 34.9 Å². The summed E-state index contributed by atoms with van der Waals surface area (Å²) >= 11 is 3.42. The monoisotopic (exact) mass is 1240 g/mol. The Morgan fingerprint density at radius 1 is 0.191 bits per heavy atom. The molecule has 0 radical (unpaired) electrons. The van der Waals surface area contributed by atoms with E-state index in [1.807, 2.05) is 72.8 Å². The molecule has 5 heterocycles. The van der Waals surface area contributed by atoms with Crippen LogP contribution in [0.1, 0.15) is 0 Å². The first kappa shape index (κ1) is 56.0. The van der Waals surface area contributed by atoms with Gasteiger partial charge in [0.2, 0.25) is 0 Å². The molecule has 0 aliphatic rings. The van der Waals surface area contributed by atoms with Crippen molar-refractivity contribution in [2.75, 3.05) is 0 Å². The van der Waals surface area contributed by atoms with E-state index in [1.54, 1.807) is 22.7 Å². The molecule has 0 saturated heterocycles. The SMILES string of the molecule is c1ccc(-c2ccc(-c3nc(-c4cccc(-c5nc(-c6ccccc6)nc(-c6ccccc6)n5)c4)c4c(n3)sc3ccccc34)cc2)cc1.c1ccc(-c2nc(-c3cccc(-c4cccc(-c5cc6ccccc6c6ccccc56)c4)c3)nc3sc4ccccc4c23)cc1. The summed E-state index contributed by atoms with van der Waals surface area (Å²) in [4.78, 5) is 37.6. The van der Waals surface area contributed by atoms with E-state index in [1.165, 1.54) is 53.0 Å². The van der Waals surface area contributed by atoms with Crippen LogP contribution in [0.15, 0.2) is 322 Å². The van der Waals surface area contributed by atoms with Gasteiger partial charge >= 0.3 is 0 Å². The molecule has 5 aromatic heterocycles. The predicted molar refractivity (Wildman–Crippen MR) is 393 cm³/mol. The molecule has 0 amide bonds. The molecule has 94 heavy (non-hydrogen) atoms. The normalized spacial score (nSPS) is 11.4. The molecule has 18 rings (SSSR count). The van der Waals surface area contributed by atoms with Crippen LogP contribution in [0.4, 0.5) is 0 Å². The van der Waals surface area contributed by atoms with E-state index in [-0.39, 0.29) is 0 Å². The second-order valence-corrected chi connectivity index (χ2v) is 25.2. The molecule has 440 valence electrons. The van der Waals surface area contributed by atoms with Gasteiger partial charge in [0.05, 0.1) is 11.4 Å². The Balaban J connectivity index is 0.000000144. The van der Waals surface area contributed by atoms with E-state index in [0.29, 0.717) is 23.3 Å². The van der Waals surface area contributed by atoms with E-state index in [9.17, 15) is 0 Å². The maximum atomic E-state index is 5.27. The van der Waals surface area contributed by atoms with Crippen LogP contribution >= 0.6 is 22.7 Å². The average Bonchev–Trinajstić information content (AvgIpc) is 1.49. The number of thiophene rings is 2. The van der Waals surface area contributed by atoms with Gasteiger partial charge in [-0.25, -0.2) is 34.9 Å². The molecule has 0 atom stereocenters. The van der Waals surface area contributed by atoms with Crippen molar-refractivity contribution in [3.05, 3.63) is 322 Å². The highest BCUT2D eigenvalue weighted by atomic mass is 32.1. The van der Waals surface area contributed by atoms with E-state index < -0.39 is 0 Å². The first-order valence-electron chi connectivity index (χ1n) is 31.3. The lowest BCUT2D eigenvalue weighted by Gasteiger charge is -2.13. The first-order valence-corrected chi connectivity index (χ1v) is 32.9. The second-order valence-electron chi connectivity index (χ2n) is 23.1. The predicted octanol–water partition coefficient (Wildman–Crippen LogP) is 22.9. The van der Waals surface area contributed by atoms with Crippen molar-refractivity contribution in [2.45, 2.75) is 0 Å².